The first-order valence-corrected chi connectivity index (χ1v) is 10.7. The molecule has 4 heterocycles. The van der Waals surface area contributed by atoms with Crippen molar-refractivity contribution < 1.29 is 0 Å². The van der Waals surface area contributed by atoms with Gasteiger partial charge in [0.1, 0.15) is 5.52 Å². The summed E-state index contributed by atoms with van der Waals surface area (Å²) in [7, 11) is 0. The number of fused-ring (bicyclic) bond motifs is 2. The summed E-state index contributed by atoms with van der Waals surface area (Å²) >= 11 is 1.76. The molecule has 5 aromatic rings. The summed E-state index contributed by atoms with van der Waals surface area (Å²) in [5.74, 6) is 0.684. The van der Waals surface area contributed by atoms with E-state index in [1.165, 1.54) is 9.75 Å². The Morgan fingerprint density at radius 1 is 1.06 bits per heavy atom. The van der Waals surface area contributed by atoms with Gasteiger partial charge in [-0.2, -0.15) is 5.10 Å². The number of thiophene rings is 1. The van der Waals surface area contributed by atoms with Gasteiger partial charge in [0.15, 0.2) is 11.5 Å². The fraction of sp³-hybridized carbons (Fsp3) is 0.0833. The molecule has 152 valence electrons. The second kappa shape index (κ2) is 7.77. The van der Waals surface area contributed by atoms with E-state index in [-0.39, 0.29) is 0 Å². The molecule has 0 aliphatic carbocycles. The van der Waals surface area contributed by atoms with Crippen molar-refractivity contribution in [1.82, 2.24) is 25.1 Å². The van der Waals surface area contributed by atoms with Crippen LogP contribution in [0.3, 0.4) is 0 Å². The van der Waals surface area contributed by atoms with Gasteiger partial charge in [-0.25, -0.2) is 9.97 Å². The highest BCUT2D eigenvalue weighted by atomic mass is 32.1. The predicted octanol–water partition coefficient (Wildman–Crippen LogP) is 6.16. The van der Waals surface area contributed by atoms with E-state index in [1.54, 1.807) is 23.6 Å². The van der Waals surface area contributed by atoms with Crippen LogP contribution in [0.15, 0.2) is 66.2 Å². The number of nitrogens with zero attached hydrogens (tertiary/aromatic N) is 4. The van der Waals surface area contributed by atoms with Crippen LogP contribution in [0.2, 0.25) is 0 Å². The van der Waals surface area contributed by atoms with Crippen LogP contribution in [0.1, 0.15) is 17.5 Å². The third kappa shape index (κ3) is 3.39. The molecule has 7 heteroatoms. The van der Waals surface area contributed by atoms with Crippen LogP contribution in [0.4, 0.5) is 0 Å². The first-order valence-electron chi connectivity index (χ1n) is 9.90. The number of hydrogen-bond donors (Lipinski definition) is 2. The molecule has 0 radical (unpaired) electrons. The monoisotopic (exact) mass is 424 g/mol. The molecule has 0 fully saturated rings. The van der Waals surface area contributed by atoms with Gasteiger partial charge in [0.25, 0.3) is 0 Å². The first kappa shape index (κ1) is 19.1. The van der Waals surface area contributed by atoms with Gasteiger partial charge in [-0.15, -0.1) is 11.3 Å². The lowest BCUT2D eigenvalue weighted by atomic mass is 10.1. The molecule has 0 saturated heterocycles. The van der Waals surface area contributed by atoms with Gasteiger partial charge < -0.3 is 4.98 Å². The van der Waals surface area contributed by atoms with E-state index in [2.05, 4.69) is 51.9 Å². The Kier molecular flexibility index (Phi) is 4.80. The lowest BCUT2D eigenvalue weighted by Crippen LogP contribution is -1.89. The lowest BCUT2D eigenvalue weighted by Gasteiger charge is -2.01. The number of pyridine rings is 1. The number of aliphatic imine (C=N–C) groups is 1. The number of allylic oxidation sites excluding steroid dienone is 2. The average molecular weight is 425 g/mol. The number of H-pyrrole nitrogens is 2. The SMILES string of the molecule is C=CC=N/C(=C\C)c1ccc2[nH]nc(-c3nc4c(-c5ccc(C)s5)cccc4[nH]3)c2n1. The number of aromatic amines is 2. The van der Waals surface area contributed by atoms with Gasteiger partial charge in [0.05, 0.1) is 27.9 Å². The number of imidazole rings is 1. The van der Waals surface area contributed by atoms with E-state index in [1.807, 2.05) is 37.3 Å². The summed E-state index contributed by atoms with van der Waals surface area (Å²) in [6.07, 6.45) is 5.22. The maximum atomic E-state index is 4.91. The van der Waals surface area contributed by atoms with Crippen molar-refractivity contribution in [1.29, 1.82) is 0 Å². The fourth-order valence-electron chi connectivity index (χ4n) is 3.55. The minimum atomic E-state index is 0.684. The quantitative estimate of drug-likeness (QED) is 0.332. The molecule has 0 atom stereocenters. The number of benzene rings is 1. The Hall–Kier alpha value is -3.84. The summed E-state index contributed by atoms with van der Waals surface area (Å²) in [6.45, 7) is 7.73. The van der Waals surface area contributed by atoms with Crippen molar-refractivity contribution in [2.45, 2.75) is 13.8 Å². The van der Waals surface area contributed by atoms with Crippen LogP contribution in [-0.4, -0.2) is 31.4 Å². The van der Waals surface area contributed by atoms with Crippen LogP contribution in [0.25, 0.3) is 49.7 Å². The van der Waals surface area contributed by atoms with Gasteiger partial charge in [-0.3, -0.25) is 10.1 Å². The van der Waals surface area contributed by atoms with E-state index in [4.69, 9.17) is 9.97 Å². The molecule has 1 aromatic carbocycles. The Bertz CT molecular complexity index is 1480. The molecule has 5 rings (SSSR count). The lowest BCUT2D eigenvalue weighted by molar-refractivity contribution is 1.10. The second-order valence-electron chi connectivity index (χ2n) is 7.05. The Morgan fingerprint density at radius 2 is 1.97 bits per heavy atom. The summed E-state index contributed by atoms with van der Waals surface area (Å²) in [6, 6.07) is 14.3. The molecule has 6 nitrogen and oxygen atoms in total. The molecule has 2 N–H and O–H groups in total. The fourth-order valence-corrected chi connectivity index (χ4v) is 4.44. The summed E-state index contributed by atoms with van der Waals surface area (Å²) in [4.78, 5) is 20.0. The molecule has 0 spiro atoms. The number of aromatic nitrogens is 5. The van der Waals surface area contributed by atoms with Gasteiger partial charge in [0, 0.05) is 21.5 Å². The van der Waals surface area contributed by atoms with Crippen molar-refractivity contribution in [2.24, 2.45) is 4.99 Å². The Labute approximate surface area is 183 Å². The number of hydrogen-bond acceptors (Lipinski definition) is 5. The topological polar surface area (TPSA) is 82.6 Å². The van der Waals surface area contributed by atoms with Gasteiger partial charge >= 0.3 is 0 Å². The summed E-state index contributed by atoms with van der Waals surface area (Å²) < 4.78 is 0. The highest BCUT2D eigenvalue weighted by Gasteiger charge is 2.17. The highest BCUT2D eigenvalue weighted by molar-refractivity contribution is 7.15. The van der Waals surface area contributed by atoms with E-state index in [9.17, 15) is 0 Å². The predicted molar refractivity (Wildman–Crippen MR) is 129 cm³/mol. The molecule has 0 unspecified atom stereocenters. The standard InChI is InChI=1S/C24H20N6S/c1-4-13-25-16(5-2)17-10-11-19-22(26-17)23(30-29-19)24-27-18-8-6-7-15(21(18)28-24)20-12-9-14(3)31-20/h4-13H,1H2,2-3H3,(H,27,28)(H,29,30)/b16-5-,25-13?. The zero-order chi connectivity index (χ0) is 21.4. The average Bonchev–Trinajstić information content (AvgIpc) is 3.51. The summed E-state index contributed by atoms with van der Waals surface area (Å²) in [5, 5.41) is 7.57. The third-order valence-corrected chi connectivity index (χ3v) is 6.04. The van der Waals surface area contributed by atoms with Crippen molar-refractivity contribution in [3.05, 3.63) is 71.8 Å². The largest absolute Gasteiger partial charge is 0.336 e. The van der Waals surface area contributed by atoms with Crippen LogP contribution >= 0.6 is 11.3 Å². The third-order valence-electron chi connectivity index (χ3n) is 5.01. The van der Waals surface area contributed by atoms with E-state index in [0.29, 0.717) is 11.5 Å². The maximum absolute atomic E-state index is 4.91. The molecule has 0 saturated carbocycles. The molecule has 4 aromatic heterocycles. The van der Waals surface area contributed by atoms with Crippen molar-refractivity contribution >= 4 is 45.3 Å². The molecular formula is C24H20N6S. The van der Waals surface area contributed by atoms with Crippen molar-refractivity contribution in [3.63, 3.8) is 0 Å². The highest BCUT2D eigenvalue weighted by Crippen LogP contribution is 2.34. The Balaban J connectivity index is 1.65. The van der Waals surface area contributed by atoms with E-state index in [0.717, 1.165) is 39.0 Å². The van der Waals surface area contributed by atoms with Gasteiger partial charge in [-0.05, 0) is 44.2 Å². The van der Waals surface area contributed by atoms with E-state index < -0.39 is 0 Å². The first-order chi connectivity index (χ1) is 15.2. The zero-order valence-corrected chi connectivity index (χ0v) is 18.0. The van der Waals surface area contributed by atoms with Crippen molar-refractivity contribution in [2.75, 3.05) is 0 Å². The van der Waals surface area contributed by atoms with Crippen LogP contribution in [0.5, 0.6) is 0 Å². The normalized spacial score (nSPS) is 12.4. The Morgan fingerprint density at radius 3 is 2.74 bits per heavy atom. The molecule has 0 aliphatic heterocycles. The molecule has 0 amide bonds. The van der Waals surface area contributed by atoms with Gasteiger partial charge in [-0.1, -0.05) is 30.9 Å². The molecule has 0 aliphatic rings. The van der Waals surface area contributed by atoms with Crippen LogP contribution in [0, 0.1) is 6.92 Å². The summed E-state index contributed by atoms with van der Waals surface area (Å²) in [5.41, 5.74) is 6.82. The maximum Gasteiger partial charge on any atom is 0.161 e. The second-order valence-corrected chi connectivity index (χ2v) is 8.34. The van der Waals surface area contributed by atoms with Crippen LogP contribution < -0.4 is 0 Å². The number of aryl methyl sites for hydroxylation is 1. The van der Waals surface area contributed by atoms with Crippen molar-refractivity contribution in [3.8, 4) is 22.0 Å². The number of para-hydroxylation sites is 1. The smallest absolute Gasteiger partial charge is 0.161 e. The van der Waals surface area contributed by atoms with Gasteiger partial charge in [0.2, 0.25) is 0 Å². The minimum Gasteiger partial charge on any atom is -0.336 e. The number of nitrogens with one attached hydrogen (secondary N) is 2. The molecule has 31 heavy (non-hydrogen) atoms. The minimum absolute atomic E-state index is 0.684. The molecule has 0 bridgehead atoms. The van der Waals surface area contributed by atoms with Crippen LogP contribution in [-0.2, 0) is 0 Å². The zero-order valence-electron chi connectivity index (χ0n) is 17.2. The molecular weight excluding hydrogens is 404 g/mol. The number of rotatable bonds is 5. The van der Waals surface area contributed by atoms with E-state index >= 15 is 0 Å².